The first kappa shape index (κ1) is 52.3. The average molecular weight is 926 g/mol. The number of amides is 6. The Labute approximate surface area is 386 Å². The van der Waals surface area contributed by atoms with Crippen LogP contribution in [0, 0.1) is 0 Å². The van der Waals surface area contributed by atoms with Gasteiger partial charge in [0.15, 0.2) is 0 Å². The van der Waals surface area contributed by atoms with Crippen LogP contribution in [0.4, 0.5) is 14.4 Å². The van der Waals surface area contributed by atoms with Crippen molar-refractivity contribution in [2.75, 3.05) is 47.0 Å². The molecule has 0 spiro atoms. The molecule has 0 aromatic heterocycles. The van der Waals surface area contributed by atoms with Gasteiger partial charge in [0.1, 0.15) is 59.6 Å². The summed E-state index contributed by atoms with van der Waals surface area (Å²) in [7, 11) is 2.65. The molecular weight excluding hydrogens is 859 g/mol. The SMILES string of the molecule is COC(=O)[C@@H]1Cc2ccc(OCCNC(=O)OC(C)(C)C)c(c2)-c2cc(ccc2OCCNC(=O)OC(C)(C)C)[C@H](N(C)C(=O)C2C[C@@H](NC(=O)OC(C)(C)C)CN2)C(=O)N[C@@H](C)C(=O)N1. The van der Waals surface area contributed by atoms with Crippen molar-refractivity contribution in [1.82, 2.24) is 36.8 Å². The first-order valence-corrected chi connectivity index (χ1v) is 21.9. The molecule has 364 valence electrons. The highest BCUT2D eigenvalue weighted by Crippen LogP contribution is 2.40. The predicted molar refractivity (Wildman–Crippen MR) is 242 cm³/mol. The van der Waals surface area contributed by atoms with Gasteiger partial charge in [-0.2, -0.15) is 0 Å². The lowest BCUT2D eigenvalue weighted by atomic mass is 9.93. The number of hydrogen-bond acceptors (Lipinski definition) is 14. The Hall–Kier alpha value is -6.31. The molecule has 0 saturated carbocycles. The van der Waals surface area contributed by atoms with E-state index >= 15 is 0 Å². The van der Waals surface area contributed by atoms with Gasteiger partial charge in [0.2, 0.25) is 17.7 Å². The van der Waals surface area contributed by atoms with Crippen LogP contribution in [-0.4, -0.2) is 135 Å². The van der Waals surface area contributed by atoms with E-state index in [4.69, 9.17) is 28.4 Å². The summed E-state index contributed by atoms with van der Waals surface area (Å²) in [5.74, 6) is -2.02. The second kappa shape index (κ2) is 22.3. The summed E-state index contributed by atoms with van der Waals surface area (Å²) in [5, 5.41) is 16.7. The predicted octanol–water partition coefficient (Wildman–Crippen LogP) is 3.63. The molecule has 6 amide bonds. The van der Waals surface area contributed by atoms with Gasteiger partial charge in [-0.3, -0.25) is 14.4 Å². The smallest absolute Gasteiger partial charge is 0.407 e. The molecule has 6 N–H and O–H groups in total. The molecule has 4 rings (SSSR count). The fourth-order valence-corrected chi connectivity index (χ4v) is 7.01. The zero-order valence-corrected chi connectivity index (χ0v) is 40.1. The van der Waals surface area contributed by atoms with Gasteiger partial charge in [0, 0.05) is 37.2 Å². The van der Waals surface area contributed by atoms with E-state index < -0.39 is 89.0 Å². The van der Waals surface area contributed by atoms with E-state index in [0.717, 1.165) is 0 Å². The second-order valence-electron chi connectivity index (χ2n) is 19.1. The Kier molecular flexibility index (Phi) is 17.6. The van der Waals surface area contributed by atoms with Gasteiger partial charge < -0.3 is 65.2 Å². The number of nitrogens with zero attached hydrogens (tertiary/aromatic N) is 1. The van der Waals surface area contributed by atoms with Gasteiger partial charge in [-0.25, -0.2) is 19.2 Å². The minimum atomic E-state index is -1.35. The van der Waals surface area contributed by atoms with E-state index in [-0.39, 0.29) is 45.7 Å². The largest absolute Gasteiger partial charge is 0.491 e. The maximum Gasteiger partial charge on any atom is 0.407 e. The fourth-order valence-electron chi connectivity index (χ4n) is 7.01. The van der Waals surface area contributed by atoms with Crippen LogP contribution in [0.5, 0.6) is 11.5 Å². The number of nitrogens with one attached hydrogen (secondary N) is 6. The molecule has 1 fully saturated rings. The Morgan fingerprint density at radius 2 is 1.24 bits per heavy atom. The lowest BCUT2D eigenvalue weighted by molar-refractivity contribution is -0.145. The number of carbonyl (C=O) groups excluding carboxylic acids is 7. The maximum absolute atomic E-state index is 14.5. The molecule has 2 aromatic rings. The second-order valence-corrected chi connectivity index (χ2v) is 19.1. The van der Waals surface area contributed by atoms with Gasteiger partial charge in [-0.15, -0.1) is 0 Å². The van der Waals surface area contributed by atoms with E-state index in [2.05, 4.69) is 31.9 Å². The number of benzene rings is 2. The molecule has 66 heavy (non-hydrogen) atoms. The molecule has 2 aromatic carbocycles. The molecule has 2 heterocycles. The first-order valence-electron chi connectivity index (χ1n) is 21.9. The Balaban J connectivity index is 1.81. The summed E-state index contributed by atoms with van der Waals surface area (Å²) in [6.07, 6.45) is -1.75. The Bertz CT molecular complexity index is 2090. The topological polar surface area (TPSA) is 250 Å². The van der Waals surface area contributed by atoms with Gasteiger partial charge in [-0.05, 0) is 111 Å². The number of fused-ring (bicyclic) bond motifs is 5. The van der Waals surface area contributed by atoms with Crippen molar-refractivity contribution in [2.45, 2.75) is 129 Å². The summed E-state index contributed by atoms with van der Waals surface area (Å²) < 4.78 is 33.7. The minimum Gasteiger partial charge on any atom is -0.491 e. The molecule has 4 bridgehead atoms. The molecule has 5 atom stereocenters. The van der Waals surface area contributed by atoms with Gasteiger partial charge >= 0.3 is 24.2 Å². The molecule has 1 unspecified atom stereocenters. The van der Waals surface area contributed by atoms with E-state index in [1.54, 1.807) is 98.7 Å². The van der Waals surface area contributed by atoms with Crippen LogP contribution in [0.3, 0.4) is 0 Å². The van der Waals surface area contributed by atoms with Crippen molar-refractivity contribution < 1.29 is 62.0 Å². The number of rotatable bonds is 12. The van der Waals surface area contributed by atoms with E-state index in [1.807, 2.05) is 0 Å². The van der Waals surface area contributed by atoms with Crippen molar-refractivity contribution in [3.63, 3.8) is 0 Å². The van der Waals surface area contributed by atoms with Gasteiger partial charge in [0.25, 0.3) is 0 Å². The molecule has 1 saturated heterocycles. The number of carbonyl (C=O) groups is 7. The molecule has 20 heteroatoms. The van der Waals surface area contributed by atoms with Crippen LogP contribution in [0.1, 0.15) is 92.8 Å². The quantitative estimate of drug-likeness (QED) is 0.101. The van der Waals surface area contributed by atoms with Crippen LogP contribution >= 0.6 is 0 Å². The first-order chi connectivity index (χ1) is 30.7. The highest BCUT2D eigenvalue weighted by Gasteiger charge is 2.39. The summed E-state index contributed by atoms with van der Waals surface area (Å²) >= 11 is 0. The highest BCUT2D eigenvalue weighted by atomic mass is 16.6. The third kappa shape index (κ3) is 16.0. The lowest BCUT2D eigenvalue weighted by Gasteiger charge is -2.31. The summed E-state index contributed by atoms with van der Waals surface area (Å²) in [6.45, 7) is 17.5. The monoisotopic (exact) mass is 925 g/mol. The summed E-state index contributed by atoms with van der Waals surface area (Å²) in [6, 6.07) is 5.03. The molecule has 2 aliphatic rings. The summed E-state index contributed by atoms with van der Waals surface area (Å²) in [5.41, 5.74) is -0.478. The molecular formula is C46H67N7O13. The molecule has 2 aliphatic heterocycles. The van der Waals surface area contributed by atoms with Crippen LogP contribution in [0.15, 0.2) is 36.4 Å². The van der Waals surface area contributed by atoms with Crippen molar-refractivity contribution in [2.24, 2.45) is 0 Å². The van der Waals surface area contributed by atoms with Crippen molar-refractivity contribution in [3.05, 3.63) is 47.5 Å². The van der Waals surface area contributed by atoms with Crippen LogP contribution < -0.4 is 41.4 Å². The zero-order valence-electron chi connectivity index (χ0n) is 40.1. The molecule has 0 radical (unpaired) electrons. The van der Waals surface area contributed by atoms with Crippen LogP contribution in [0.25, 0.3) is 11.1 Å². The fraction of sp³-hybridized carbons (Fsp3) is 0.587. The number of esters is 1. The summed E-state index contributed by atoms with van der Waals surface area (Å²) in [4.78, 5) is 94.3. The third-order valence-corrected chi connectivity index (χ3v) is 9.84. The molecule has 0 aliphatic carbocycles. The highest BCUT2D eigenvalue weighted by molar-refractivity contribution is 5.95. The van der Waals surface area contributed by atoms with Crippen LogP contribution in [-0.2, 0) is 44.5 Å². The number of alkyl carbamates (subject to hydrolysis) is 3. The van der Waals surface area contributed by atoms with Crippen molar-refractivity contribution in [1.29, 1.82) is 0 Å². The average Bonchev–Trinajstić information content (AvgIpc) is 3.66. The minimum absolute atomic E-state index is 0.0134. The number of ether oxygens (including phenoxy) is 6. The number of methoxy groups -OCH3 is 1. The van der Waals surface area contributed by atoms with Gasteiger partial charge in [0.05, 0.1) is 26.2 Å². The van der Waals surface area contributed by atoms with Crippen molar-refractivity contribution >= 4 is 42.0 Å². The van der Waals surface area contributed by atoms with Crippen molar-refractivity contribution in [3.8, 4) is 22.6 Å². The number of likely N-dealkylation sites (N-methyl/N-ethyl adjacent to an activating group) is 1. The normalized spacial score (nSPS) is 20.0. The Morgan fingerprint density at radius 3 is 1.79 bits per heavy atom. The van der Waals surface area contributed by atoms with Gasteiger partial charge in [-0.1, -0.05) is 12.1 Å². The van der Waals surface area contributed by atoms with Crippen LogP contribution in [0.2, 0.25) is 0 Å². The lowest BCUT2D eigenvalue weighted by Crippen LogP contribution is -2.54. The number of hydrogen-bond donors (Lipinski definition) is 6. The van der Waals surface area contributed by atoms with E-state index in [9.17, 15) is 33.6 Å². The Morgan fingerprint density at radius 1 is 0.712 bits per heavy atom. The van der Waals surface area contributed by atoms with E-state index in [1.165, 1.54) is 26.0 Å². The van der Waals surface area contributed by atoms with E-state index in [0.29, 0.717) is 33.8 Å². The maximum atomic E-state index is 14.5. The molecule has 20 nitrogen and oxygen atoms in total. The third-order valence-electron chi connectivity index (χ3n) is 9.84. The zero-order chi connectivity index (χ0) is 49.1. The standard InChI is InChI=1S/C46H67N7O13/c1-26-37(54)52-33(40(57)61-12)22-27-13-15-34(62-19-17-47-41(58)64-44(2,3)4)30(21-27)31-23-28(14-16-35(31)63-20-18-48-42(59)65-45(5,6)7)36(38(55)50-26)53(11)39(56)32-24-29(25-49-32)51-43(60)66-46(8,9)10/h13-16,21,23,26,29,32-33,36,49H,17-20,22,24-25H2,1-12H3,(H,47,58)(H,48,59)(H,50,55)(H,51,60)(H,52,54)/t26-,29+,32?,33-,36-/m0/s1.